The van der Waals surface area contributed by atoms with Gasteiger partial charge in [-0.3, -0.25) is 0 Å². The highest BCUT2D eigenvalue weighted by atomic mass is 32.2. The van der Waals surface area contributed by atoms with Gasteiger partial charge in [-0.25, -0.2) is 4.39 Å². The fourth-order valence-electron chi connectivity index (χ4n) is 3.21. The van der Waals surface area contributed by atoms with Gasteiger partial charge in [0.25, 0.3) is 0 Å². The molecule has 27 heavy (non-hydrogen) atoms. The largest absolute Gasteiger partial charge is 0.410 e. The quantitative estimate of drug-likeness (QED) is 0.322. The molecule has 1 N–H and O–H groups in total. The van der Waals surface area contributed by atoms with E-state index < -0.39 is 5.60 Å². The van der Waals surface area contributed by atoms with Crippen molar-refractivity contribution in [2.45, 2.75) is 28.2 Å². The van der Waals surface area contributed by atoms with Gasteiger partial charge in [-0.05, 0) is 42.2 Å². The second-order valence-electron chi connectivity index (χ2n) is 6.22. The number of ether oxygens (including phenoxy) is 2. The minimum Gasteiger partial charge on any atom is -0.410 e. The number of oxime groups is 1. The summed E-state index contributed by atoms with van der Waals surface area (Å²) in [6, 6.07) is 12.8. The van der Waals surface area contributed by atoms with Crippen molar-refractivity contribution < 1.29 is 19.1 Å². The Bertz CT molecular complexity index is 805. The summed E-state index contributed by atoms with van der Waals surface area (Å²) >= 11 is 2.86. The maximum Gasteiger partial charge on any atom is 0.142 e. The van der Waals surface area contributed by atoms with Crippen LogP contribution in [0.3, 0.4) is 0 Å². The van der Waals surface area contributed by atoms with Crippen molar-refractivity contribution >= 4 is 28.6 Å². The molecule has 1 saturated heterocycles. The van der Waals surface area contributed by atoms with E-state index in [0.717, 1.165) is 20.9 Å². The zero-order chi connectivity index (χ0) is 19.3. The molecule has 0 saturated carbocycles. The number of benzene rings is 2. The normalized spacial score (nSPS) is 17.1. The Morgan fingerprint density at radius 3 is 2.44 bits per heavy atom. The summed E-state index contributed by atoms with van der Waals surface area (Å²) in [5.74, 6) is -0.272. The molecule has 3 rings (SSSR count). The van der Waals surface area contributed by atoms with Gasteiger partial charge in [0, 0.05) is 48.5 Å². The molecule has 2 aromatic rings. The third-order valence-electron chi connectivity index (χ3n) is 4.71. The minimum absolute atomic E-state index is 0.272. The molecule has 0 atom stereocenters. The first kappa shape index (κ1) is 20.2. The molecule has 0 radical (unpaired) electrons. The Balaban J connectivity index is 1.84. The highest BCUT2D eigenvalue weighted by molar-refractivity contribution is 8.13. The molecule has 0 amide bonds. The maximum absolute atomic E-state index is 14.3. The van der Waals surface area contributed by atoms with E-state index in [1.54, 1.807) is 13.2 Å². The maximum atomic E-state index is 14.3. The molecule has 1 aliphatic rings. The zero-order valence-electron chi connectivity index (χ0n) is 15.3. The Labute approximate surface area is 167 Å². The van der Waals surface area contributed by atoms with E-state index in [2.05, 4.69) is 5.16 Å². The molecule has 4 nitrogen and oxygen atoms in total. The number of nitrogens with zero attached hydrogens (tertiary/aromatic N) is 1. The Morgan fingerprint density at radius 2 is 1.85 bits per heavy atom. The Kier molecular flexibility index (Phi) is 6.81. The molecule has 0 aliphatic carbocycles. The predicted molar refractivity (Wildman–Crippen MR) is 108 cm³/mol. The van der Waals surface area contributed by atoms with Crippen LogP contribution >= 0.6 is 23.5 Å². The van der Waals surface area contributed by atoms with E-state index in [1.807, 2.05) is 36.6 Å². The average Bonchev–Trinajstić information content (AvgIpc) is 2.70. The molecule has 1 heterocycles. The lowest BCUT2D eigenvalue weighted by atomic mass is 9.86. The number of rotatable bonds is 5. The highest BCUT2D eigenvalue weighted by Crippen LogP contribution is 2.39. The second-order valence-corrected chi connectivity index (χ2v) is 8.16. The van der Waals surface area contributed by atoms with Gasteiger partial charge in [-0.15, -0.1) is 11.8 Å². The predicted octanol–water partition coefficient (Wildman–Crippen LogP) is 5.13. The number of thioether (sulfide) groups is 1. The summed E-state index contributed by atoms with van der Waals surface area (Å²) in [6.07, 6.45) is 3.28. The standard InChI is InChI=1S/C20H22FNO3S2/c1-24-20(7-9-25-10-8-20)15-11-16(21)13-18(12-15)27-17-5-3-14(4-6-17)19(22-23)26-2/h3-6,11-13,23H,7-10H2,1-2H3. The van der Waals surface area contributed by atoms with E-state index in [4.69, 9.17) is 14.7 Å². The lowest BCUT2D eigenvalue weighted by Gasteiger charge is -2.36. The SMILES string of the molecule is COC1(c2cc(F)cc(Sc3ccc(C(=NO)SC)cc3)c2)CCOCC1. The van der Waals surface area contributed by atoms with E-state index in [9.17, 15) is 4.39 Å². The smallest absolute Gasteiger partial charge is 0.142 e. The fourth-order valence-corrected chi connectivity index (χ4v) is 4.57. The first-order valence-electron chi connectivity index (χ1n) is 8.58. The molecule has 2 aromatic carbocycles. The van der Waals surface area contributed by atoms with E-state index >= 15 is 0 Å². The van der Waals surface area contributed by atoms with Crippen LogP contribution in [0.25, 0.3) is 0 Å². The lowest BCUT2D eigenvalue weighted by molar-refractivity contribution is -0.0950. The number of hydrogen-bond donors (Lipinski definition) is 1. The molecule has 1 fully saturated rings. The molecule has 0 aromatic heterocycles. The molecule has 144 valence electrons. The molecular weight excluding hydrogens is 385 g/mol. The van der Waals surface area contributed by atoms with Crippen LogP contribution in [-0.2, 0) is 15.1 Å². The van der Waals surface area contributed by atoms with Crippen molar-refractivity contribution in [3.63, 3.8) is 0 Å². The van der Waals surface area contributed by atoms with E-state index in [1.165, 1.54) is 29.6 Å². The Morgan fingerprint density at radius 1 is 1.15 bits per heavy atom. The van der Waals surface area contributed by atoms with Crippen LogP contribution < -0.4 is 0 Å². The number of methoxy groups -OCH3 is 1. The highest BCUT2D eigenvalue weighted by Gasteiger charge is 2.35. The average molecular weight is 408 g/mol. The minimum atomic E-state index is -0.496. The van der Waals surface area contributed by atoms with Gasteiger partial charge in [0.05, 0.1) is 5.60 Å². The third kappa shape index (κ3) is 4.66. The van der Waals surface area contributed by atoms with Crippen LogP contribution in [0.15, 0.2) is 57.4 Å². The summed E-state index contributed by atoms with van der Waals surface area (Å²) in [7, 11) is 1.67. The van der Waals surface area contributed by atoms with Crippen LogP contribution in [0.4, 0.5) is 4.39 Å². The fraction of sp³-hybridized carbons (Fsp3) is 0.350. The van der Waals surface area contributed by atoms with Crippen molar-refractivity contribution in [3.05, 3.63) is 59.4 Å². The summed E-state index contributed by atoms with van der Waals surface area (Å²) < 4.78 is 25.5. The molecule has 7 heteroatoms. The van der Waals surface area contributed by atoms with Crippen LogP contribution in [-0.4, -0.2) is 36.8 Å². The van der Waals surface area contributed by atoms with Gasteiger partial charge in [-0.2, -0.15) is 0 Å². The van der Waals surface area contributed by atoms with Crippen LogP contribution in [0.5, 0.6) is 0 Å². The summed E-state index contributed by atoms with van der Waals surface area (Å²) in [4.78, 5) is 1.80. The van der Waals surface area contributed by atoms with Gasteiger partial charge in [-0.1, -0.05) is 29.1 Å². The first-order valence-corrected chi connectivity index (χ1v) is 10.6. The summed E-state index contributed by atoms with van der Waals surface area (Å²) in [5.41, 5.74) is 1.20. The molecular formula is C20H22FNO3S2. The number of hydrogen-bond acceptors (Lipinski definition) is 6. The van der Waals surface area contributed by atoms with Crippen LogP contribution in [0.1, 0.15) is 24.0 Å². The zero-order valence-corrected chi connectivity index (χ0v) is 16.9. The molecule has 0 spiro atoms. The van der Waals surface area contributed by atoms with E-state index in [-0.39, 0.29) is 5.82 Å². The summed E-state index contributed by atoms with van der Waals surface area (Å²) in [5, 5.41) is 12.9. The van der Waals surface area contributed by atoms with Crippen molar-refractivity contribution in [1.29, 1.82) is 0 Å². The molecule has 0 bridgehead atoms. The monoisotopic (exact) mass is 407 g/mol. The van der Waals surface area contributed by atoms with Crippen molar-refractivity contribution in [1.82, 2.24) is 0 Å². The first-order chi connectivity index (χ1) is 13.1. The van der Waals surface area contributed by atoms with Crippen molar-refractivity contribution in [2.75, 3.05) is 26.6 Å². The topological polar surface area (TPSA) is 51.0 Å². The van der Waals surface area contributed by atoms with Crippen molar-refractivity contribution in [2.24, 2.45) is 5.16 Å². The van der Waals surface area contributed by atoms with Crippen LogP contribution in [0.2, 0.25) is 0 Å². The van der Waals surface area contributed by atoms with E-state index in [0.29, 0.717) is 31.1 Å². The Hall–Kier alpha value is -1.54. The van der Waals surface area contributed by atoms with Crippen LogP contribution in [0, 0.1) is 5.82 Å². The van der Waals surface area contributed by atoms with Gasteiger partial charge in [0.15, 0.2) is 0 Å². The van der Waals surface area contributed by atoms with Gasteiger partial charge >= 0.3 is 0 Å². The summed E-state index contributed by atoms with van der Waals surface area (Å²) in [6.45, 7) is 1.22. The second kappa shape index (κ2) is 9.10. The number of halogens is 1. The van der Waals surface area contributed by atoms with Crippen molar-refractivity contribution in [3.8, 4) is 0 Å². The van der Waals surface area contributed by atoms with Gasteiger partial charge in [0.1, 0.15) is 10.9 Å². The molecule has 0 unspecified atom stereocenters. The van der Waals surface area contributed by atoms with Gasteiger partial charge in [0.2, 0.25) is 0 Å². The molecule has 1 aliphatic heterocycles. The third-order valence-corrected chi connectivity index (χ3v) is 6.39. The van der Waals surface area contributed by atoms with Gasteiger partial charge < -0.3 is 14.7 Å². The lowest BCUT2D eigenvalue weighted by Crippen LogP contribution is -2.35.